The third-order valence-electron chi connectivity index (χ3n) is 5.65. The highest BCUT2D eigenvalue weighted by molar-refractivity contribution is 5.04. The molecule has 18 heavy (non-hydrogen) atoms. The summed E-state index contributed by atoms with van der Waals surface area (Å²) >= 11 is 0. The van der Waals surface area contributed by atoms with Crippen LogP contribution < -0.4 is 5.73 Å². The summed E-state index contributed by atoms with van der Waals surface area (Å²) in [5, 5.41) is 10.6. The average Bonchev–Trinajstić information content (AvgIpc) is 2.98. The zero-order chi connectivity index (χ0) is 13.0. The first-order valence-corrected chi connectivity index (χ1v) is 8.11. The van der Waals surface area contributed by atoms with Gasteiger partial charge < -0.3 is 10.8 Å². The van der Waals surface area contributed by atoms with E-state index in [1.807, 2.05) is 0 Å². The summed E-state index contributed by atoms with van der Waals surface area (Å²) in [7, 11) is 0. The average molecular weight is 253 g/mol. The van der Waals surface area contributed by atoms with E-state index in [1.54, 1.807) is 0 Å². The van der Waals surface area contributed by atoms with E-state index in [4.69, 9.17) is 5.73 Å². The number of unbranched alkanes of at least 4 members (excludes halogenated alkanes) is 4. The largest absolute Gasteiger partial charge is 0.392 e. The summed E-state index contributed by atoms with van der Waals surface area (Å²) in [5.74, 6) is 1.59. The molecule has 2 aliphatic rings. The van der Waals surface area contributed by atoms with E-state index in [0.717, 1.165) is 18.3 Å². The van der Waals surface area contributed by atoms with E-state index in [9.17, 15) is 5.11 Å². The van der Waals surface area contributed by atoms with Crippen LogP contribution in [0.4, 0.5) is 0 Å². The molecule has 0 aromatic heterocycles. The number of rotatable bonds is 8. The maximum atomic E-state index is 10.6. The van der Waals surface area contributed by atoms with Crippen LogP contribution in [-0.2, 0) is 0 Å². The highest BCUT2D eigenvalue weighted by Crippen LogP contribution is 2.57. The number of aliphatic hydroxyl groups excluding tert-OH is 1. The Labute approximate surface area is 112 Å². The molecule has 2 aliphatic carbocycles. The predicted octanol–water partition coefficient (Wildman–Crippen LogP) is 3.47. The van der Waals surface area contributed by atoms with Gasteiger partial charge >= 0.3 is 0 Å². The molecule has 0 spiro atoms. The predicted molar refractivity (Wildman–Crippen MR) is 76.3 cm³/mol. The van der Waals surface area contributed by atoms with Crippen LogP contribution in [0.3, 0.4) is 0 Å². The molecule has 0 heterocycles. The molecule has 2 nitrogen and oxygen atoms in total. The van der Waals surface area contributed by atoms with Gasteiger partial charge in [0, 0.05) is 12.0 Å². The van der Waals surface area contributed by atoms with Crippen molar-refractivity contribution >= 4 is 0 Å². The summed E-state index contributed by atoms with van der Waals surface area (Å²) in [4.78, 5) is 0. The van der Waals surface area contributed by atoms with Gasteiger partial charge in [-0.15, -0.1) is 0 Å². The minimum Gasteiger partial charge on any atom is -0.392 e. The molecule has 0 aromatic carbocycles. The lowest BCUT2D eigenvalue weighted by Gasteiger charge is -2.41. The molecular weight excluding hydrogens is 222 g/mol. The summed E-state index contributed by atoms with van der Waals surface area (Å²) in [5.41, 5.74) is 6.14. The SMILES string of the molecule is CCCCCCCC(O)C1(CN)CC2CCC1C2. The normalized spacial score (nSPS) is 36.2. The zero-order valence-electron chi connectivity index (χ0n) is 12.0. The van der Waals surface area contributed by atoms with E-state index in [-0.39, 0.29) is 11.5 Å². The Hall–Kier alpha value is -0.0800. The number of fused-ring (bicyclic) bond motifs is 2. The Bertz CT molecular complexity index is 255. The molecule has 0 saturated heterocycles. The fourth-order valence-electron chi connectivity index (χ4n) is 4.51. The molecule has 0 aliphatic heterocycles. The number of hydrogen-bond donors (Lipinski definition) is 2. The van der Waals surface area contributed by atoms with Gasteiger partial charge in [-0.05, 0) is 37.5 Å². The van der Waals surface area contributed by atoms with Gasteiger partial charge in [0.2, 0.25) is 0 Å². The van der Waals surface area contributed by atoms with Crippen LogP contribution in [-0.4, -0.2) is 17.8 Å². The topological polar surface area (TPSA) is 46.2 Å². The second-order valence-electron chi connectivity index (χ2n) is 6.74. The third kappa shape index (κ3) is 2.75. The van der Waals surface area contributed by atoms with Gasteiger partial charge in [0.25, 0.3) is 0 Å². The van der Waals surface area contributed by atoms with Crippen molar-refractivity contribution in [2.75, 3.05) is 6.54 Å². The fraction of sp³-hybridized carbons (Fsp3) is 1.00. The monoisotopic (exact) mass is 253 g/mol. The van der Waals surface area contributed by atoms with Crippen LogP contribution in [0.25, 0.3) is 0 Å². The van der Waals surface area contributed by atoms with Gasteiger partial charge in [0.05, 0.1) is 6.10 Å². The van der Waals surface area contributed by atoms with Crippen molar-refractivity contribution < 1.29 is 5.11 Å². The Morgan fingerprint density at radius 3 is 2.56 bits per heavy atom. The Kier molecular flexibility index (Phi) is 5.08. The van der Waals surface area contributed by atoms with Crippen LogP contribution in [0.2, 0.25) is 0 Å². The van der Waals surface area contributed by atoms with Crippen molar-refractivity contribution in [1.29, 1.82) is 0 Å². The molecular formula is C16H31NO. The van der Waals surface area contributed by atoms with Crippen LogP contribution in [0.15, 0.2) is 0 Å². The Morgan fingerprint density at radius 1 is 1.22 bits per heavy atom. The molecule has 4 atom stereocenters. The van der Waals surface area contributed by atoms with Crippen LogP contribution in [0.5, 0.6) is 0 Å². The molecule has 0 radical (unpaired) electrons. The lowest BCUT2D eigenvalue weighted by molar-refractivity contribution is -0.0174. The first-order chi connectivity index (χ1) is 8.73. The first kappa shape index (κ1) is 14.3. The standard InChI is InChI=1S/C16H31NO/c1-2-3-4-5-6-7-15(18)16(12-17)11-13-8-9-14(16)10-13/h13-15,18H,2-12,17H2,1H3. The maximum Gasteiger partial charge on any atom is 0.0611 e. The minimum absolute atomic E-state index is 0.0909. The second-order valence-corrected chi connectivity index (χ2v) is 6.74. The van der Waals surface area contributed by atoms with Crippen LogP contribution in [0, 0.1) is 17.3 Å². The molecule has 2 heteroatoms. The van der Waals surface area contributed by atoms with Crippen molar-refractivity contribution in [2.24, 2.45) is 23.0 Å². The number of nitrogens with two attached hydrogens (primary N) is 1. The molecule has 2 fully saturated rings. The summed E-state index contributed by atoms with van der Waals surface area (Å²) in [6.07, 6.45) is 12.5. The Morgan fingerprint density at radius 2 is 2.00 bits per heavy atom. The molecule has 2 saturated carbocycles. The van der Waals surface area contributed by atoms with Crippen LogP contribution in [0.1, 0.15) is 71.1 Å². The highest BCUT2D eigenvalue weighted by atomic mass is 16.3. The summed E-state index contributed by atoms with van der Waals surface area (Å²) in [6, 6.07) is 0. The minimum atomic E-state index is -0.139. The van der Waals surface area contributed by atoms with Crippen LogP contribution >= 0.6 is 0 Å². The van der Waals surface area contributed by atoms with Gasteiger partial charge in [-0.25, -0.2) is 0 Å². The van der Waals surface area contributed by atoms with Gasteiger partial charge in [-0.3, -0.25) is 0 Å². The molecule has 0 aromatic rings. The Balaban J connectivity index is 1.78. The number of aliphatic hydroxyl groups is 1. The highest BCUT2D eigenvalue weighted by Gasteiger charge is 2.53. The van der Waals surface area contributed by atoms with E-state index < -0.39 is 0 Å². The molecule has 3 N–H and O–H groups in total. The summed E-state index contributed by atoms with van der Waals surface area (Å²) < 4.78 is 0. The van der Waals surface area contributed by atoms with Crippen molar-refractivity contribution in [1.82, 2.24) is 0 Å². The van der Waals surface area contributed by atoms with Crippen molar-refractivity contribution in [3.05, 3.63) is 0 Å². The lowest BCUT2D eigenvalue weighted by Crippen LogP contribution is -2.45. The molecule has 0 amide bonds. The van der Waals surface area contributed by atoms with Gasteiger partial charge in [-0.1, -0.05) is 45.4 Å². The quantitative estimate of drug-likeness (QED) is 0.651. The van der Waals surface area contributed by atoms with E-state index in [1.165, 1.54) is 57.8 Å². The van der Waals surface area contributed by atoms with Gasteiger partial charge in [-0.2, -0.15) is 0 Å². The maximum absolute atomic E-state index is 10.6. The van der Waals surface area contributed by atoms with Gasteiger partial charge in [0.1, 0.15) is 0 Å². The molecule has 4 unspecified atom stereocenters. The molecule has 2 rings (SSSR count). The summed E-state index contributed by atoms with van der Waals surface area (Å²) in [6.45, 7) is 2.94. The first-order valence-electron chi connectivity index (χ1n) is 8.11. The zero-order valence-corrected chi connectivity index (χ0v) is 12.0. The van der Waals surface area contributed by atoms with Crippen molar-refractivity contribution in [2.45, 2.75) is 77.2 Å². The van der Waals surface area contributed by atoms with Crippen molar-refractivity contribution in [3.63, 3.8) is 0 Å². The van der Waals surface area contributed by atoms with E-state index in [0.29, 0.717) is 6.54 Å². The lowest BCUT2D eigenvalue weighted by atomic mass is 9.68. The van der Waals surface area contributed by atoms with Crippen molar-refractivity contribution in [3.8, 4) is 0 Å². The van der Waals surface area contributed by atoms with E-state index in [2.05, 4.69) is 6.92 Å². The number of hydrogen-bond acceptors (Lipinski definition) is 2. The second kappa shape index (κ2) is 6.38. The molecule has 2 bridgehead atoms. The van der Waals surface area contributed by atoms with E-state index >= 15 is 0 Å². The fourth-order valence-corrected chi connectivity index (χ4v) is 4.51. The third-order valence-corrected chi connectivity index (χ3v) is 5.65. The smallest absolute Gasteiger partial charge is 0.0611 e. The molecule has 106 valence electrons. The van der Waals surface area contributed by atoms with Gasteiger partial charge in [0.15, 0.2) is 0 Å².